The van der Waals surface area contributed by atoms with Gasteiger partial charge in [-0.25, -0.2) is 13.2 Å². The highest BCUT2D eigenvalue weighted by Crippen LogP contribution is 2.20. The van der Waals surface area contributed by atoms with E-state index >= 15 is 0 Å². The van der Waals surface area contributed by atoms with Gasteiger partial charge in [-0.1, -0.05) is 18.2 Å². The van der Waals surface area contributed by atoms with Gasteiger partial charge in [0.25, 0.3) is 5.91 Å². The fraction of sp³-hybridized carbons (Fsp3) is 0.0500. The lowest BCUT2D eigenvalue weighted by Gasteiger charge is -2.10. The van der Waals surface area contributed by atoms with Gasteiger partial charge < -0.3 is 10.1 Å². The van der Waals surface area contributed by atoms with Crippen LogP contribution in [0.2, 0.25) is 0 Å². The lowest BCUT2D eigenvalue weighted by molar-refractivity contribution is 0.102. The van der Waals surface area contributed by atoms with Crippen LogP contribution >= 0.6 is 0 Å². The van der Waals surface area contributed by atoms with Gasteiger partial charge in [0.2, 0.25) is 0 Å². The van der Waals surface area contributed by atoms with Gasteiger partial charge in [-0.3, -0.25) is 4.79 Å². The topological polar surface area (TPSA) is 38.3 Å². The number of halogens is 3. The first kappa shape index (κ1) is 17.5. The molecule has 0 aliphatic heterocycles. The Balaban J connectivity index is 1.69. The number of carbonyl (C=O) groups is 1. The molecule has 0 atom stereocenters. The predicted molar refractivity (Wildman–Crippen MR) is 91.5 cm³/mol. The summed E-state index contributed by atoms with van der Waals surface area (Å²) in [7, 11) is 0. The SMILES string of the molecule is O=C(Nc1cccc(OCc2cccc(F)c2)c1)c1cc(F)ccc1F. The molecule has 0 bridgehead atoms. The summed E-state index contributed by atoms with van der Waals surface area (Å²) in [6.07, 6.45) is 0. The van der Waals surface area contributed by atoms with E-state index in [1.807, 2.05) is 0 Å². The Kier molecular flexibility index (Phi) is 5.22. The number of benzene rings is 3. The summed E-state index contributed by atoms with van der Waals surface area (Å²) < 4.78 is 45.6. The van der Waals surface area contributed by atoms with Crippen molar-refractivity contribution in [3.8, 4) is 5.75 Å². The van der Waals surface area contributed by atoms with E-state index in [-0.39, 0.29) is 12.4 Å². The standard InChI is InChI=1S/C20H14F3NO2/c21-14-4-1-3-13(9-14)12-26-17-6-2-5-16(11-17)24-20(25)18-10-15(22)7-8-19(18)23/h1-11H,12H2,(H,24,25). The van der Waals surface area contributed by atoms with Crippen molar-refractivity contribution in [2.45, 2.75) is 6.61 Å². The quantitative estimate of drug-likeness (QED) is 0.703. The molecule has 0 aromatic heterocycles. The molecule has 0 fully saturated rings. The lowest BCUT2D eigenvalue weighted by atomic mass is 10.2. The summed E-state index contributed by atoms with van der Waals surface area (Å²) in [6.45, 7) is 0.147. The smallest absolute Gasteiger partial charge is 0.258 e. The first-order chi connectivity index (χ1) is 12.5. The van der Waals surface area contributed by atoms with Crippen LogP contribution in [0.4, 0.5) is 18.9 Å². The second-order valence-corrected chi connectivity index (χ2v) is 5.52. The molecule has 3 aromatic rings. The van der Waals surface area contributed by atoms with E-state index in [1.165, 1.54) is 18.2 Å². The summed E-state index contributed by atoms with van der Waals surface area (Å²) in [5.41, 5.74) is 0.618. The Bertz CT molecular complexity index is 944. The molecule has 0 unspecified atom stereocenters. The van der Waals surface area contributed by atoms with Crippen LogP contribution in [0.5, 0.6) is 5.75 Å². The molecule has 132 valence electrons. The highest BCUT2D eigenvalue weighted by atomic mass is 19.1. The van der Waals surface area contributed by atoms with E-state index < -0.39 is 23.1 Å². The van der Waals surface area contributed by atoms with Crippen molar-refractivity contribution in [2.24, 2.45) is 0 Å². The molecule has 6 heteroatoms. The molecule has 0 aliphatic carbocycles. The van der Waals surface area contributed by atoms with Crippen molar-refractivity contribution in [3.05, 3.63) is 95.3 Å². The van der Waals surface area contributed by atoms with Crippen LogP contribution in [0.25, 0.3) is 0 Å². The maximum absolute atomic E-state index is 13.7. The molecule has 1 N–H and O–H groups in total. The minimum absolute atomic E-state index is 0.147. The van der Waals surface area contributed by atoms with Gasteiger partial charge in [0.1, 0.15) is 29.8 Å². The Hall–Kier alpha value is -3.28. The Morgan fingerprint density at radius 3 is 2.46 bits per heavy atom. The van der Waals surface area contributed by atoms with Crippen LogP contribution in [0.15, 0.2) is 66.7 Å². The summed E-state index contributed by atoms with van der Waals surface area (Å²) in [5.74, 6) is -2.22. The summed E-state index contributed by atoms with van der Waals surface area (Å²) in [5, 5.41) is 2.49. The number of anilines is 1. The minimum atomic E-state index is -0.817. The second kappa shape index (κ2) is 7.74. The first-order valence-corrected chi connectivity index (χ1v) is 7.75. The molecule has 26 heavy (non-hydrogen) atoms. The number of amides is 1. The average molecular weight is 357 g/mol. The minimum Gasteiger partial charge on any atom is -0.489 e. The van der Waals surface area contributed by atoms with Gasteiger partial charge >= 0.3 is 0 Å². The zero-order valence-electron chi connectivity index (χ0n) is 13.5. The molecule has 3 nitrogen and oxygen atoms in total. The molecule has 0 saturated heterocycles. The highest BCUT2D eigenvalue weighted by Gasteiger charge is 2.13. The molecule has 0 aliphatic rings. The zero-order valence-corrected chi connectivity index (χ0v) is 13.5. The first-order valence-electron chi connectivity index (χ1n) is 7.75. The zero-order chi connectivity index (χ0) is 18.5. The Morgan fingerprint density at radius 2 is 1.65 bits per heavy atom. The van der Waals surface area contributed by atoms with Crippen molar-refractivity contribution in [3.63, 3.8) is 0 Å². The summed E-state index contributed by atoms with van der Waals surface area (Å²) in [6, 6.07) is 15.1. The van der Waals surface area contributed by atoms with Crippen LogP contribution in [0.1, 0.15) is 15.9 Å². The normalized spacial score (nSPS) is 10.4. The molecule has 0 spiro atoms. The highest BCUT2D eigenvalue weighted by molar-refractivity contribution is 6.04. The molecule has 1 amide bonds. The third-order valence-corrected chi connectivity index (χ3v) is 3.56. The molecule has 0 radical (unpaired) electrons. The number of carbonyl (C=O) groups excluding carboxylic acids is 1. The van der Waals surface area contributed by atoms with Gasteiger partial charge in [0, 0.05) is 11.8 Å². The number of hydrogen-bond acceptors (Lipinski definition) is 2. The molecule has 0 saturated carbocycles. The van der Waals surface area contributed by atoms with Crippen molar-refractivity contribution < 1.29 is 22.7 Å². The molecular formula is C20H14F3NO2. The Morgan fingerprint density at radius 1 is 0.885 bits per heavy atom. The van der Waals surface area contributed by atoms with E-state index in [9.17, 15) is 18.0 Å². The number of ether oxygens (including phenoxy) is 1. The number of rotatable bonds is 5. The van der Waals surface area contributed by atoms with Crippen molar-refractivity contribution in [1.29, 1.82) is 0 Å². The fourth-order valence-electron chi connectivity index (χ4n) is 2.33. The molecule has 3 aromatic carbocycles. The van der Waals surface area contributed by atoms with E-state index in [0.29, 0.717) is 17.0 Å². The second-order valence-electron chi connectivity index (χ2n) is 5.52. The van der Waals surface area contributed by atoms with E-state index in [0.717, 1.165) is 18.2 Å². The maximum Gasteiger partial charge on any atom is 0.258 e. The van der Waals surface area contributed by atoms with Gasteiger partial charge in [-0.2, -0.15) is 0 Å². The van der Waals surface area contributed by atoms with Crippen LogP contribution < -0.4 is 10.1 Å². The van der Waals surface area contributed by atoms with Crippen LogP contribution in [0.3, 0.4) is 0 Å². The summed E-state index contributed by atoms with van der Waals surface area (Å²) >= 11 is 0. The largest absolute Gasteiger partial charge is 0.489 e. The van der Waals surface area contributed by atoms with E-state index in [4.69, 9.17) is 4.74 Å². The van der Waals surface area contributed by atoms with Crippen molar-refractivity contribution in [1.82, 2.24) is 0 Å². The lowest BCUT2D eigenvalue weighted by Crippen LogP contribution is -2.14. The fourth-order valence-corrected chi connectivity index (χ4v) is 2.33. The van der Waals surface area contributed by atoms with Gasteiger partial charge in [-0.05, 0) is 48.0 Å². The van der Waals surface area contributed by atoms with E-state index in [1.54, 1.807) is 30.3 Å². The predicted octanol–water partition coefficient (Wildman–Crippen LogP) is 4.94. The third kappa shape index (κ3) is 4.42. The molecular weight excluding hydrogens is 343 g/mol. The summed E-state index contributed by atoms with van der Waals surface area (Å²) in [4.78, 5) is 12.1. The van der Waals surface area contributed by atoms with E-state index in [2.05, 4.69) is 5.32 Å². The van der Waals surface area contributed by atoms with Gasteiger partial charge in [0.15, 0.2) is 0 Å². The molecule has 3 rings (SSSR count). The van der Waals surface area contributed by atoms with Crippen molar-refractivity contribution in [2.75, 3.05) is 5.32 Å². The number of hydrogen-bond donors (Lipinski definition) is 1. The van der Waals surface area contributed by atoms with Gasteiger partial charge in [-0.15, -0.1) is 0 Å². The third-order valence-electron chi connectivity index (χ3n) is 3.56. The van der Waals surface area contributed by atoms with Crippen molar-refractivity contribution >= 4 is 11.6 Å². The maximum atomic E-state index is 13.7. The van der Waals surface area contributed by atoms with Crippen LogP contribution in [-0.2, 0) is 6.61 Å². The van der Waals surface area contributed by atoms with Gasteiger partial charge in [0.05, 0.1) is 5.56 Å². The monoisotopic (exact) mass is 357 g/mol. The van der Waals surface area contributed by atoms with Crippen LogP contribution in [0, 0.1) is 17.5 Å². The molecule has 0 heterocycles. The Labute approximate surface area is 148 Å². The average Bonchev–Trinajstić information content (AvgIpc) is 2.62. The van der Waals surface area contributed by atoms with Crippen LogP contribution in [-0.4, -0.2) is 5.91 Å². The number of nitrogens with one attached hydrogen (secondary N) is 1.